The minimum absolute atomic E-state index is 0.0231. The van der Waals surface area contributed by atoms with Crippen LogP contribution in [0.4, 0.5) is 0 Å². The second kappa shape index (κ2) is 55.6. The van der Waals surface area contributed by atoms with E-state index in [0.29, 0.717) is 25.9 Å². The quantitative estimate of drug-likeness (QED) is 0.0346. The lowest BCUT2D eigenvalue weighted by atomic mass is 10.0. The summed E-state index contributed by atoms with van der Waals surface area (Å²) >= 11 is 0. The number of hydrogen-bond acceptors (Lipinski definition) is 5. The van der Waals surface area contributed by atoms with Crippen molar-refractivity contribution in [2.24, 2.45) is 0 Å². The van der Waals surface area contributed by atoms with E-state index in [1.54, 1.807) is 0 Å². The van der Waals surface area contributed by atoms with Crippen molar-refractivity contribution in [1.29, 1.82) is 0 Å². The van der Waals surface area contributed by atoms with Gasteiger partial charge >= 0.3 is 11.9 Å². The molecule has 0 aliphatic heterocycles. The highest BCUT2D eigenvalue weighted by Gasteiger charge is 2.17. The molecule has 0 heterocycles. The van der Waals surface area contributed by atoms with Gasteiger partial charge in [0, 0.05) is 19.4 Å². The van der Waals surface area contributed by atoms with Crippen LogP contribution in [0.5, 0.6) is 0 Å². The van der Waals surface area contributed by atoms with Gasteiger partial charge in [-0.2, -0.15) is 0 Å². The Hall–Kier alpha value is -3.70. The number of rotatable bonds is 48. The number of hydrogen-bond donors (Lipinski definition) is 0. The molecular weight excluding hydrogens is 813 g/mol. The first-order valence-corrected chi connectivity index (χ1v) is 27.1. The SMILES string of the molecule is CC/C=C\C/C=C\C/C=C\C/C=C\C/C=C\C/C=C\CCC(=O)OCC(COCCCCCCCCCCCCCCCCCC)OC(=O)CCCC/C=C\C/C=C\C/C=C\C/C=C\CC. The van der Waals surface area contributed by atoms with Crippen molar-refractivity contribution in [2.75, 3.05) is 19.8 Å². The van der Waals surface area contributed by atoms with Crippen LogP contribution < -0.4 is 0 Å². The zero-order valence-electron chi connectivity index (χ0n) is 42.9. The second-order valence-corrected chi connectivity index (χ2v) is 17.4. The van der Waals surface area contributed by atoms with Gasteiger partial charge in [-0.05, 0) is 96.3 Å². The van der Waals surface area contributed by atoms with Crippen molar-refractivity contribution < 1.29 is 23.8 Å². The highest BCUT2D eigenvalue weighted by atomic mass is 16.6. The van der Waals surface area contributed by atoms with E-state index in [9.17, 15) is 9.59 Å². The summed E-state index contributed by atoms with van der Waals surface area (Å²) in [4.78, 5) is 25.4. The molecule has 0 aromatic carbocycles. The summed E-state index contributed by atoms with van der Waals surface area (Å²) in [7, 11) is 0. The van der Waals surface area contributed by atoms with Crippen LogP contribution in [0.25, 0.3) is 0 Å². The van der Waals surface area contributed by atoms with Gasteiger partial charge in [0.25, 0.3) is 0 Å². The fraction of sp³-hybridized carbons (Fsp3) is 0.639. The van der Waals surface area contributed by atoms with Crippen LogP contribution in [-0.2, 0) is 23.8 Å². The Kier molecular flexibility index (Phi) is 52.5. The van der Waals surface area contributed by atoms with E-state index in [2.05, 4.69) is 136 Å². The van der Waals surface area contributed by atoms with E-state index >= 15 is 0 Å². The Morgan fingerprint density at radius 2 is 0.712 bits per heavy atom. The zero-order chi connectivity index (χ0) is 47.7. The molecule has 0 amide bonds. The molecule has 0 aromatic heterocycles. The number of esters is 2. The molecule has 0 saturated carbocycles. The predicted molar refractivity (Wildman–Crippen MR) is 288 cm³/mol. The van der Waals surface area contributed by atoms with Gasteiger partial charge in [0.15, 0.2) is 6.10 Å². The normalized spacial score (nSPS) is 13.2. The summed E-state index contributed by atoms with van der Waals surface area (Å²) in [6.07, 6.45) is 78.0. The van der Waals surface area contributed by atoms with Gasteiger partial charge in [-0.3, -0.25) is 9.59 Å². The van der Waals surface area contributed by atoms with Crippen molar-refractivity contribution in [3.63, 3.8) is 0 Å². The van der Waals surface area contributed by atoms with Gasteiger partial charge in [-0.15, -0.1) is 0 Å². The fourth-order valence-corrected chi connectivity index (χ4v) is 7.06. The predicted octanol–water partition coefficient (Wildman–Crippen LogP) is 18.6. The summed E-state index contributed by atoms with van der Waals surface area (Å²) in [5, 5.41) is 0. The molecule has 1 unspecified atom stereocenters. The van der Waals surface area contributed by atoms with E-state index in [1.807, 2.05) is 6.08 Å². The molecular formula is C61H100O5. The van der Waals surface area contributed by atoms with E-state index < -0.39 is 6.10 Å². The highest BCUT2D eigenvalue weighted by Crippen LogP contribution is 2.14. The van der Waals surface area contributed by atoms with Gasteiger partial charge in [-0.1, -0.05) is 239 Å². The van der Waals surface area contributed by atoms with Crippen LogP contribution in [0.2, 0.25) is 0 Å². The van der Waals surface area contributed by atoms with Crippen molar-refractivity contribution in [3.05, 3.63) is 122 Å². The third kappa shape index (κ3) is 52.9. The topological polar surface area (TPSA) is 61.8 Å². The van der Waals surface area contributed by atoms with Crippen LogP contribution in [-0.4, -0.2) is 37.9 Å². The molecule has 0 fully saturated rings. The van der Waals surface area contributed by atoms with Gasteiger partial charge < -0.3 is 14.2 Å². The average molecular weight is 913 g/mol. The first-order chi connectivity index (χ1) is 32.6. The Bertz CT molecular complexity index is 1350. The van der Waals surface area contributed by atoms with E-state index in [-0.39, 0.29) is 25.2 Å². The first kappa shape index (κ1) is 62.3. The van der Waals surface area contributed by atoms with Gasteiger partial charge in [0.1, 0.15) is 6.61 Å². The molecule has 5 heteroatoms. The van der Waals surface area contributed by atoms with Gasteiger partial charge in [-0.25, -0.2) is 0 Å². The molecule has 0 aromatic rings. The minimum Gasteiger partial charge on any atom is -0.462 e. The first-order valence-electron chi connectivity index (χ1n) is 27.1. The van der Waals surface area contributed by atoms with E-state index in [0.717, 1.165) is 96.3 Å². The molecule has 66 heavy (non-hydrogen) atoms. The number of ether oxygens (including phenoxy) is 3. The van der Waals surface area contributed by atoms with Crippen molar-refractivity contribution in [2.45, 2.75) is 232 Å². The highest BCUT2D eigenvalue weighted by molar-refractivity contribution is 5.70. The van der Waals surface area contributed by atoms with Crippen molar-refractivity contribution in [1.82, 2.24) is 0 Å². The second-order valence-electron chi connectivity index (χ2n) is 17.4. The third-order valence-electron chi connectivity index (χ3n) is 11.0. The van der Waals surface area contributed by atoms with Crippen LogP contribution in [0.3, 0.4) is 0 Å². The number of carbonyl (C=O) groups excluding carboxylic acids is 2. The van der Waals surface area contributed by atoms with Crippen LogP contribution >= 0.6 is 0 Å². The molecule has 374 valence electrons. The molecule has 0 spiro atoms. The molecule has 0 saturated heterocycles. The Morgan fingerprint density at radius 1 is 0.348 bits per heavy atom. The van der Waals surface area contributed by atoms with Crippen molar-refractivity contribution >= 4 is 11.9 Å². The third-order valence-corrected chi connectivity index (χ3v) is 11.0. The smallest absolute Gasteiger partial charge is 0.306 e. The van der Waals surface area contributed by atoms with Gasteiger partial charge in [0.2, 0.25) is 0 Å². The standard InChI is InChI=1S/C61H100O5/c1-4-7-10-13-16-19-22-25-28-30-31-32-34-36-39-42-45-48-51-54-60(62)65-58-59(57-64-56-53-50-47-44-41-38-35-29-26-23-20-17-14-11-8-5-2)66-61(63)55-52-49-46-43-40-37-33-27-24-21-18-15-12-9-6-3/h7,9-10,12,16,18-19,21,25,27-28,31-33,36,39-40,43,45,48,59H,4-6,8,11,13-15,17,20,22-24,26,29-30,34-35,37-38,41-42,44,46-47,49-58H2,1-3H3/b10-7-,12-9-,19-16-,21-18-,28-25-,32-31-,33-27-,39-36-,43-40-,48-45-. The summed E-state index contributed by atoms with van der Waals surface area (Å²) in [6, 6.07) is 0. The zero-order valence-corrected chi connectivity index (χ0v) is 42.9. The maximum absolute atomic E-state index is 12.8. The molecule has 0 radical (unpaired) electrons. The monoisotopic (exact) mass is 913 g/mol. The maximum atomic E-state index is 12.8. The molecule has 0 aliphatic rings. The maximum Gasteiger partial charge on any atom is 0.306 e. The molecule has 0 N–H and O–H groups in total. The Labute approximate surface area is 407 Å². The van der Waals surface area contributed by atoms with E-state index in [1.165, 1.54) is 89.9 Å². The molecule has 0 bridgehead atoms. The van der Waals surface area contributed by atoms with Crippen molar-refractivity contribution in [3.8, 4) is 0 Å². The van der Waals surface area contributed by atoms with E-state index in [4.69, 9.17) is 14.2 Å². The minimum atomic E-state index is -0.595. The Balaban J connectivity index is 4.46. The summed E-state index contributed by atoms with van der Waals surface area (Å²) in [6.45, 7) is 7.48. The lowest BCUT2D eigenvalue weighted by molar-refractivity contribution is -0.162. The summed E-state index contributed by atoms with van der Waals surface area (Å²) in [5.74, 6) is -0.545. The number of unbranched alkanes of at least 4 members (excludes halogenated alkanes) is 17. The summed E-state index contributed by atoms with van der Waals surface area (Å²) in [5.41, 5.74) is 0. The fourth-order valence-electron chi connectivity index (χ4n) is 7.06. The molecule has 0 rings (SSSR count). The average Bonchev–Trinajstić information content (AvgIpc) is 3.32. The number of carbonyl (C=O) groups is 2. The largest absolute Gasteiger partial charge is 0.462 e. The van der Waals surface area contributed by atoms with Crippen LogP contribution in [0.1, 0.15) is 226 Å². The molecule has 1 atom stereocenters. The van der Waals surface area contributed by atoms with Gasteiger partial charge in [0.05, 0.1) is 6.61 Å². The van der Waals surface area contributed by atoms with Crippen LogP contribution in [0.15, 0.2) is 122 Å². The van der Waals surface area contributed by atoms with Crippen LogP contribution in [0, 0.1) is 0 Å². The summed E-state index contributed by atoms with van der Waals surface area (Å²) < 4.78 is 17.3. The molecule has 5 nitrogen and oxygen atoms in total. The lowest BCUT2D eigenvalue weighted by Crippen LogP contribution is -2.30. The Morgan fingerprint density at radius 3 is 1.12 bits per heavy atom. The lowest BCUT2D eigenvalue weighted by Gasteiger charge is -2.18. The molecule has 0 aliphatic carbocycles. The number of allylic oxidation sites excluding steroid dienone is 20.